The van der Waals surface area contributed by atoms with Crippen LogP contribution in [0.1, 0.15) is 83.5 Å². The molecule has 49 heavy (non-hydrogen) atoms. The van der Waals surface area contributed by atoms with Crippen LogP contribution in [-0.4, -0.2) is 84.0 Å². The standard InChI is InChI=1S/C18H28F3N5O2.C13H20F3N5/c1-17(2,3)28-16(27)23-12-8-6-11(7-9-12)22-14-10-13(18(19,20)21)24-15(25-14)26(4)5;1-21(2)12-19-10(13(14,15)16)7-11(20-12)18-9-5-3-8(17)4-6-9/h10-12H,6-9H2,1-5H3,(H,23,27)(H,22,24,25);7-9H,3-6,17H2,1-2H3,(H,18,19,20). The number of ether oxygens (including phenoxy) is 1. The normalized spacial score (nSPS) is 21.5. The summed E-state index contributed by atoms with van der Waals surface area (Å²) in [5, 5.41) is 9.00. The Morgan fingerprint density at radius 3 is 1.41 bits per heavy atom. The molecule has 0 aliphatic heterocycles. The molecule has 5 N–H and O–H groups in total. The third-order valence-electron chi connectivity index (χ3n) is 7.73. The fourth-order valence-corrected chi connectivity index (χ4v) is 5.25. The molecule has 2 aliphatic rings. The van der Waals surface area contributed by atoms with E-state index in [2.05, 4.69) is 35.9 Å². The second kappa shape index (κ2) is 16.3. The zero-order chi connectivity index (χ0) is 36.7. The third kappa shape index (κ3) is 13.2. The highest BCUT2D eigenvalue weighted by Gasteiger charge is 2.35. The number of aromatic nitrogens is 4. The summed E-state index contributed by atoms with van der Waals surface area (Å²) in [6, 6.07) is 2.15. The monoisotopic (exact) mass is 706 g/mol. The van der Waals surface area contributed by atoms with Crippen LogP contribution in [0.3, 0.4) is 0 Å². The zero-order valence-corrected chi connectivity index (χ0v) is 29.0. The fraction of sp³-hybridized carbons (Fsp3) is 0.710. The summed E-state index contributed by atoms with van der Waals surface area (Å²) < 4.78 is 83.2. The number of alkyl halides is 6. The van der Waals surface area contributed by atoms with Gasteiger partial charge in [0.1, 0.15) is 17.2 Å². The molecule has 1 amide bonds. The van der Waals surface area contributed by atoms with E-state index in [-0.39, 0.29) is 47.7 Å². The molecule has 0 unspecified atom stereocenters. The van der Waals surface area contributed by atoms with Crippen molar-refractivity contribution in [2.75, 3.05) is 48.6 Å². The van der Waals surface area contributed by atoms with Gasteiger partial charge in [-0.2, -0.15) is 36.3 Å². The molecule has 2 aromatic heterocycles. The summed E-state index contributed by atoms with van der Waals surface area (Å²) in [6.45, 7) is 5.39. The lowest BCUT2D eigenvalue weighted by Crippen LogP contribution is -2.42. The molecular formula is C31H48F6N10O2. The summed E-state index contributed by atoms with van der Waals surface area (Å²) in [7, 11) is 6.40. The quantitative estimate of drug-likeness (QED) is 0.250. The van der Waals surface area contributed by atoms with E-state index in [1.807, 2.05) is 0 Å². The lowest BCUT2D eigenvalue weighted by Gasteiger charge is -2.31. The average Bonchev–Trinajstić information content (AvgIpc) is 2.97. The van der Waals surface area contributed by atoms with Crippen LogP contribution in [0.2, 0.25) is 0 Å². The van der Waals surface area contributed by atoms with Crippen molar-refractivity contribution in [1.29, 1.82) is 0 Å². The van der Waals surface area contributed by atoms with Gasteiger partial charge in [-0.3, -0.25) is 0 Å². The number of carbonyl (C=O) groups is 1. The lowest BCUT2D eigenvalue weighted by molar-refractivity contribution is -0.141. The molecular weight excluding hydrogens is 658 g/mol. The minimum absolute atomic E-state index is 0.00222. The van der Waals surface area contributed by atoms with Crippen molar-refractivity contribution in [3.05, 3.63) is 23.5 Å². The smallest absolute Gasteiger partial charge is 0.433 e. The predicted octanol–water partition coefficient (Wildman–Crippen LogP) is 6.05. The van der Waals surface area contributed by atoms with E-state index in [1.165, 1.54) is 9.80 Å². The number of alkyl carbamates (subject to hydrolysis) is 1. The number of nitrogens with zero attached hydrogens (tertiary/aromatic N) is 6. The van der Waals surface area contributed by atoms with Gasteiger partial charge in [0.2, 0.25) is 11.9 Å². The number of hydrogen-bond donors (Lipinski definition) is 4. The number of carbonyl (C=O) groups excluding carboxylic acids is 1. The first kappa shape index (κ1) is 39.6. The Morgan fingerprint density at radius 1 is 0.694 bits per heavy atom. The number of hydrogen-bond acceptors (Lipinski definition) is 11. The van der Waals surface area contributed by atoms with Gasteiger partial charge in [0.15, 0.2) is 11.4 Å². The number of nitrogens with two attached hydrogens (primary N) is 1. The van der Waals surface area contributed by atoms with Gasteiger partial charge < -0.3 is 36.2 Å². The molecule has 2 aliphatic carbocycles. The molecule has 276 valence electrons. The minimum Gasteiger partial charge on any atom is -0.444 e. The molecule has 2 saturated carbocycles. The fourth-order valence-electron chi connectivity index (χ4n) is 5.25. The summed E-state index contributed by atoms with van der Waals surface area (Å²) in [5.74, 6) is 0.397. The van der Waals surface area contributed by atoms with E-state index in [1.54, 1.807) is 49.0 Å². The van der Waals surface area contributed by atoms with Gasteiger partial charge in [0.05, 0.1) is 0 Å². The number of nitrogens with one attached hydrogen (secondary N) is 3. The predicted molar refractivity (Wildman–Crippen MR) is 176 cm³/mol. The van der Waals surface area contributed by atoms with Gasteiger partial charge in [-0.1, -0.05) is 0 Å². The van der Waals surface area contributed by atoms with Crippen LogP contribution in [0.5, 0.6) is 0 Å². The number of amides is 1. The molecule has 0 bridgehead atoms. The van der Waals surface area contributed by atoms with Crippen molar-refractivity contribution in [1.82, 2.24) is 25.3 Å². The highest BCUT2D eigenvalue weighted by molar-refractivity contribution is 5.68. The summed E-state index contributed by atoms with van der Waals surface area (Å²) in [4.78, 5) is 30.1. The number of halogens is 6. The molecule has 0 atom stereocenters. The second-order valence-corrected chi connectivity index (χ2v) is 13.8. The molecule has 2 fully saturated rings. The van der Waals surface area contributed by atoms with Crippen molar-refractivity contribution in [2.45, 2.75) is 114 Å². The van der Waals surface area contributed by atoms with E-state index in [9.17, 15) is 31.1 Å². The van der Waals surface area contributed by atoms with Crippen LogP contribution in [-0.2, 0) is 17.1 Å². The molecule has 0 spiro atoms. The Bertz CT molecular complexity index is 1370. The second-order valence-electron chi connectivity index (χ2n) is 13.8. The first-order chi connectivity index (χ1) is 22.6. The van der Waals surface area contributed by atoms with E-state index in [4.69, 9.17) is 10.5 Å². The lowest BCUT2D eigenvalue weighted by atomic mass is 9.91. The minimum atomic E-state index is -4.54. The maximum atomic E-state index is 13.1. The van der Waals surface area contributed by atoms with Crippen LogP contribution in [0.25, 0.3) is 0 Å². The van der Waals surface area contributed by atoms with Gasteiger partial charge in [-0.25, -0.2) is 14.8 Å². The Kier molecular flexibility index (Phi) is 13.1. The van der Waals surface area contributed by atoms with E-state index >= 15 is 0 Å². The molecule has 2 heterocycles. The topological polar surface area (TPSA) is 146 Å². The summed E-state index contributed by atoms with van der Waals surface area (Å²) >= 11 is 0. The van der Waals surface area contributed by atoms with E-state index in [0.717, 1.165) is 37.8 Å². The number of rotatable bonds is 7. The number of anilines is 4. The van der Waals surface area contributed by atoms with Crippen molar-refractivity contribution < 1.29 is 35.9 Å². The largest absolute Gasteiger partial charge is 0.444 e. The van der Waals surface area contributed by atoms with Crippen molar-refractivity contribution in [3.63, 3.8) is 0 Å². The third-order valence-corrected chi connectivity index (χ3v) is 7.73. The Labute approximate surface area is 283 Å². The van der Waals surface area contributed by atoms with Crippen molar-refractivity contribution in [2.24, 2.45) is 5.73 Å². The molecule has 2 aromatic rings. The van der Waals surface area contributed by atoms with Gasteiger partial charge >= 0.3 is 18.4 Å². The summed E-state index contributed by atoms with van der Waals surface area (Å²) in [6.07, 6.45) is -3.27. The van der Waals surface area contributed by atoms with Crippen LogP contribution >= 0.6 is 0 Å². The maximum Gasteiger partial charge on any atom is 0.433 e. The Morgan fingerprint density at radius 2 is 1.06 bits per heavy atom. The SMILES string of the molecule is CN(C)c1nc(NC2CCC(N)CC2)cc(C(F)(F)F)n1.CN(C)c1nc(NC2CCC(NC(=O)OC(C)(C)C)CC2)cc(C(F)(F)F)n1. The summed E-state index contributed by atoms with van der Waals surface area (Å²) in [5.41, 5.74) is 3.36. The molecule has 12 nitrogen and oxygen atoms in total. The molecule has 0 aromatic carbocycles. The van der Waals surface area contributed by atoms with Gasteiger partial charge in [-0.05, 0) is 72.1 Å². The molecule has 0 radical (unpaired) electrons. The molecule has 4 rings (SSSR count). The van der Waals surface area contributed by atoms with Crippen LogP contribution in [0.4, 0.5) is 54.7 Å². The van der Waals surface area contributed by atoms with Gasteiger partial charge in [0.25, 0.3) is 0 Å². The maximum absolute atomic E-state index is 13.1. The highest BCUT2D eigenvalue weighted by Crippen LogP contribution is 2.32. The first-order valence-corrected chi connectivity index (χ1v) is 16.1. The van der Waals surface area contributed by atoms with Gasteiger partial charge in [-0.15, -0.1) is 0 Å². The first-order valence-electron chi connectivity index (χ1n) is 16.1. The van der Waals surface area contributed by atoms with Crippen LogP contribution < -0.4 is 31.5 Å². The van der Waals surface area contributed by atoms with Crippen molar-refractivity contribution >= 4 is 29.6 Å². The molecule has 18 heteroatoms. The average molecular weight is 707 g/mol. The molecule has 0 saturated heterocycles. The highest BCUT2D eigenvalue weighted by atomic mass is 19.4. The Balaban J connectivity index is 0.000000276. The van der Waals surface area contributed by atoms with E-state index in [0.29, 0.717) is 25.7 Å². The van der Waals surface area contributed by atoms with Crippen LogP contribution in [0, 0.1) is 0 Å². The Hall–Kier alpha value is -3.83. The van der Waals surface area contributed by atoms with Crippen molar-refractivity contribution in [3.8, 4) is 0 Å². The van der Waals surface area contributed by atoms with Crippen LogP contribution in [0.15, 0.2) is 12.1 Å². The van der Waals surface area contributed by atoms with E-state index < -0.39 is 35.4 Å². The zero-order valence-electron chi connectivity index (χ0n) is 29.0. The van der Waals surface area contributed by atoms with Gasteiger partial charge in [0, 0.05) is 64.5 Å².